The van der Waals surface area contributed by atoms with E-state index in [1.165, 1.54) is 24.3 Å². The van der Waals surface area contributed by atoms with Crippen LogP contribution in [0.1, 0.15) is 28.8 Å². The molecule has 0 aromatic heterocycles. The summed E-state index contributed by atoms with van der Waals surface area (Å²) in [6, 6.07) is 14.6. The number of sulfonamides is 1. The van der Waals surface area contributed by atoms with E-state index in [0.29, 0.717) is 13.2 Å². The Morgan fingerprint density at radius 3 is 2.63 bits per heavy atom. The first-order valence-corrected chi connectivity index (χ1v) is 11.1. The Labute approximate surface area is 175 Å². The fraction of sp³-hybridized carbons (Fsp3) is 0.333. The van der Waals surface area contributed by atoms with E-state index in [0.717, 1.165) is 18.4 Å². The summed E-state index contributed by atoms with van der Waals surface area (Å²) in [6.07, 6.45) is 1.85. The van der Waals surface area contributed by atoms with Crippen molar-refractivity contribution in [2.75, 3.05) is 19.8 Å². The van der Waals surface area contributed by atoms with Crippen molar-refractivity contribution in [1.82, 2.24) is 10.0 Å². The molecule has 1 heterocycles. The minimum Gasteiger partial charge on any atom is -0.452 e. The Kier molecular flexibility index (Phi) is 7.56. The number of nitrogens with one attached hydrogen (secondary N) is 2. The largest absolute Gasteiger partial charge is 0.452 e. The minimum atomic E-state index is -3.81. The maximum Gasteiger partial charge on any atom is 0.338 e. The summed E-state index contributed by atoms with van der Waals surface area (Å²) in [5, 5.41) is 2.65. The molecule has 0 bridgehead atoms. The summed E-state index contributed by atoms with van der Waals surface area (Å²) in [6.45, 7) is 0.740. The first-order chi connectivity index (χ1) is 14.4. The van der Waals surface area contributed by atoms with Crippen LogP contribution in [0, 0.1) is 0 Å². The Hall–Kier alpha value is -2.75. The van der Waals surface area contributed by atoms with Gasteiger partial charge in [-0.2, -0.15) is 0 Å². The van der Waals surface area contributed by atoms with Gasteiger partial charge in [0.25, 0.3) is 5.91 Å². The molecule has 3 rings (SSSR count). The number of carbonyl (C=O) groups is 2. The van der Waals surface area contributed by atoms with Crippen LogP contribution in [0.3, 0.4) is 0 Å². The van der Waals surface area contributed by atoms with Crippen LogP contribution in [-0.4, -0.2) is 46.2 Å². The molecule has 0 unspecified atom stereocenters. The normalized spacial score (nSPS) is 16.2. The van der Waals surface area contributed by atoms with Crippen molar-refractivity contribution >= 4 is 21.9 Å². The molecule has 1 amide bonds. The second-order valence-corrected chi connectivity index (χ2v) is 8.62. The standard InChI is InChI=1S/C21H24N2O6S/c24-20(22-14-18-9-5-11-28-18)15-29-21(25)17-8-4-10-19(12-17)30(26,27)23-13-16-6-2-1-3-7-16/h1-4,6-8,10,12,18,23H,5,9,11,13-15H2,(H,22,24)/t18-/m1/s1. The van der Waals surface area contributed by atoms with E-state index in [-0.39, 0.29) is 23.1 Å². The summed E-state index contributed by atoms with van der Waals surface area (Å²) in [7, 11) is -3.81. The first kappa shape index (κ1) is 21.9. The lowest BCUT2D eigenvalue weighted by atomic mass is 10.2. The topological polar surface area (TPSA) is 111 Å². The van der Waals surface area contributed by atoms with Gasteiger partial charge in [0.05, 0.1) is 16.6 Å². The fourth-order valence-electron chi connectivity index (χ4n) is 2.95. The van der Waals surface area contributed by atoms with E-state index in [9.17, 15) is 18.0 Å². The highest BCUT2D eigenvalue weighted by molar-refractivity contribution is 7.89. The Balaban J connectivity index is 1.53. The molecule has 9 heteroatoms. The maximum atomic E-state index is 12.5. The number of carbonyl (C=O) groups excluding carboxylic acids is 2. The van der Waals surface area contributed by atoms with Gasteiger partial charge in [-0.3, -0.25) is 4.79 Å². The van der Waals surface area contributed by atoms with Crippen molar-refractivity contribution in [2.24, 2.45) is 0 Å². The summed E-state index contributed by atoms with van der Waals surface area (Å²) in [4.78, 5) is 24.0. The van der Waals surface area contributed by atoms with Crippen molar-refractivity contribution < 1.29 is 27.5 Å². The highest BCUT2D eigenvalue weighted by Gasteiger charge is 2.19. The average molecular weight is 432 g/mol. The Morgan fingerprint density at radius 1 is 1.10 bits per heavy atom. The van der Waals surface area contributed by atoms with Crippen LogP contribution >= 0.6 is 0 Å². The second kappa shape index (κ2) is 10.3. The zero-order chi connectivity index (χ0) is 21.4. The molecule has 1 fully saturated rings. The van der Waals surface area contributed by atoms with Gasteiger partial charge in [-0.25, -0.2) is 17.9 Å². The van der Waals surface area contributed by atoms with Crippen LogP contribution in [0.4, 0.5) is 0 Å². The SMILES string of the molecule is O=C(COC(=O)c1cccc(S(=O)(=O)NCc2ccccc2)c1)NC[C@H]1CCCO1. The van der Waals surface area contributed by atoms with Crippen molar-refractivity contribution in [3.63, 3.8) is 0 Å². The first-order valence-electron chi connectivity index (χ1n) is 9.63. The highest BCUT2D eigenvalue weighted by Crippen LogP contribution is 2.14. The average Bonchev–Trinajstić information content (AvgIpc) is 3.29. The van der Waals surface area contributed by atoms with E-state index in [1.807, 2.05) is 18.2 Å². The van der Waals surface area contributed by atoms with Crippen molar-refractivity contribution in [2.45, 2.75) is 30.4 Å². The monoisotopic (exact) mass is 432 g/mol. The quantitative estimate of drug-likeness (QED) is 0.583. The lowest BCUT2D eigenvalue weighted by Gasteiger charge is -2.11. The molecular weight excluding hydrogens is 408 g/mol. The number of ether oxygens (including phenoxy) is 2. The number of amides is 1. The molecule has 2 N–H and O–H groups in total. The van der Waals surface area contributed by atoms with Gasteiger partial charge in [-0.05, 0) is 36.6 Å². The third kappa shape index (κ3) is 6.38. The van der Waals surface area contributed by atoms with E-state index in [2.05, 4.69) is 10.0 Å². The number of hydrogen-bond donors (Lipinski definition) is 2. The summed E-state index contributed by atoms with van der Waals surface area (Å²) < 4.78 is 37.9. The zero-order valence-electron chi connectivity index (χ0n) is 16.4. The van der Waals surface area contributed by atoms with Crippen molar-refractivity contribution in [3.05, 3.63) is 65.7 Å². The van der Waals surface area contributed by atoms with Crippen molar-refractivity contribution in [3.8, 4) is 0 Å². The molecular formula is C21H24N2O6S. The molecule has 1 saturated heterocycles. The van der Waals surface area contributed by atoms with Crippen LogP contribution in [0.2, 0.25) is 0 Å². The van der Waals surface area contributed by atoms with Crippen LogP contribution in [0.25, 0.3) is 0 Å². The van der Waals surface area contributed by atoms with Crippen LogP contribution in [0.5, 0.6) is 0 Å². The molecule has 0 radical (unpaired) electrons. The van der Waals surface area contributed by atoms with Crippen LogP contribution < -0.4 is 10.0 Å². The van der Waals surface area contributed by atoms with Gasteiger partial charge in [0.2, 0.25) is 10.0 Å². The molecule has 30 heavy (non-hydrogen) atoms. The maximum absolute atomic E-state index is 12.5. The van der Waals surface area contributed by atoms with Gasteiger partial charge in [-0.1, -0.05) is 36.4 Å². The molecule has 8 nitrogen and oxygen atoms in total. The molecule has 2 aromatic carbocycles. The smallest absolute Gasteiger partial charge is 0.338 e. The minimum absolute atomic E-state index is 0.00470. The van der Waals surface area contributed by atoms with E-state index >= 15 is 0 Å². The van der Waals surface area contributed by atoms with Crippen LogP contribution in [0.15, 0.2) is 59.5 Å². The molecule has 2 aromatic rings. The number of esters is 1. The third-order valence-corrected chi connectivity index (χ3v) is 5.97. The zero-order valence-corrected chi connectivity index (χ0v) is 17.2. The lowest BCUT2D eigenvalue weighted by molar-refractivity contribution is -0.124. The predicted molar refractivity (Wildman–Crippen MR) is 109 cm³/mol. The Bertz CT molecular complexity index is 972. The lowest BCUT2D eigenvalue weighted by Crippen LogP contribution is -2.34. The van der Waals surface area contributed by atoms with Gasteiger partial charge in [0.1, 0.15) is 0 Å². The summed E-state index contributed by atoms with van der Waals surface area (Å²) >= 11 is 0. The number of hydrogen-bond acceptors (Lipinski definition) is 6. The summed E-state index contributed by atoms with van der Waals surface area (Å²) in [5.41, 5.74) is 0.857. The molecule has 1 atom stereocenters. The van der Waals surface area contributed by atoms with Gasteiger partial charge >= 0.3 is 5.97 Å². The molecule has 0 saturated carbocycles. The second-order valence-electron chi connectivity index (χ2n) is 6.85. The van der Waals surface area contributed by atoms with Gasteiger partial charge < -0.3 is 14.8 Å². The summed E-state index contributed by atoms with van der Waals surface area (Å²) in [5.74, 6) is -1.21. The van der Waals surface area contributed by atoms with Crippen LogP contribution in [-0.2, 0) is 30.8 Å². The molecule has 1 aliphatic rings. The Morgan fingerprint density at radius 2 is 1.90 bits per heavy atom. The predicted octanol–water partition coefficient (Wildman–Crippen LogP) is 1.62. The molecule has 0 spiro atoms. The third-order valence-electron chi connectivity index (χ3n) is 4.57. The molecule has 0 aliphatic carbocycles. The van der Waals surface area contributed by atoms with E-state index < -0.39 is 28.5 Å². The molecule has 1 aliphatic heterocycles. The van der Waals surface area contributed by atoms with Gasteiger partial charge in [0, 0.05) is 19.7 Å². The van der Waals surface area contributed by atoms with E-state index in [1.54, 1.807) is 12.1 Å². The van der Waals surface area contributed by atoms with Gasteiger partial charge in [-0.15, -0.1) is 0 Å². The fourth-order valence-corrected chi connectivity index (χ4v) is 4.01. The van der Waals surface area contributed by atoms with Crippen molar-refractivity contribution in [1.29, 1.82) is 0 Å². The van der Waals surface area contributed by atoms with Gasteiger partial charge in [0.15, 0.2) is 6.61 Å². The number of rotatable bonds is 9. The highest BCUT2D eigenvalue weighted by atomic mass is 32.2. The number of benzene rings is 2. The molecule has 160 valence electrons. The van der Waals surface area contributed by atoms with E-state index in [4.69, 9.17) is 9.47 Å².